The average molecular weight is 710 g/mol. The first-order valence-corrected chi connectivity index (χ1v) is 19.3. The van der Waals surface area contributed by atoms with Crippen molar-refractivity contribution >= 4 is 86.7 Å². The van der Waals surface area contributed by atoms with Gasteiger partial charge in [0.15, 0.2) is 0 Å². The average Bonchev–Trinajstić information content (AvgIpc) is 3.78. The second-order valence-corrected chi connectivity index (χ2v) is 15.2. The third kappa shape index (κ3) is 3.98. The first-order valence-electron chi connectivity index (χ1n) is 19.3. The van der Waals surface area contributed by atoms with Crippen molar-refractivity contribution in [2.75, 3.05) is 0 Å². The van der Waals surface area contributed by atoms with Crippen molar-refractivity contribution in [2.24, 2.45) is 0 Å². The number of aromatic nitrogens is 3. The predicted octanol–water partition coefficient (Wildman–Crippen LogP) is 14.1. The molecule has 3 aromatic heterocycles. The molecule has 0 aliphatic heterocycles. The van der Waals surface area contributed by atoms with Gasteiger partial charge >= 0.3 is 0 Å². The van der Waals surface area contributed by atoms with Crippen LogP contribution in [0.4, 0.5) is 0 Å². The Hall–Kier alpha value is -7.49. The molecule has 10 aromatic carbocycles. The normalized spacial score (nSPS) is 12.3. The van der Waals surface area contributed by atoms with Crippen LogP contribution in [0.3, 0.4) is 0 Å². The van der Waals surface area contributed by atoms with Crippen LogP contribution < -0.4 is 0 Å². The van der Waals surface area contributed by atoms with Crippen LogP contribution in [0.25, 0.3) is 120 Å². The predicted molar refractivity (Wildman–Crippen MR) is 236 cm³/mol. The summed E-state index contributed by atoms with van der Waals surface area (Å²) in [5, 5.41) is 15.2. The molecule has 0 atom stereocenters. The van der Waals surface area contributed by atoms with Crippen LogP contribution in [0.2, 0.25) is 0 Å². The minimum Gasteiger partial charge on any atom is -0.309 e. The summed E-state index contributed by atoms with van der Waals surface area (Å²) in [6.07, 6.45) is 3.80. The van der Waals surface area contributed by atoms with Gasteiger partial charge in [-0.3, -0.25) is 4.98 Å². The highest BCUT2D eigenvalue weighted by Crippen LogP contribution is 2.46. The molecule has 0 spiro atoms. The quantitative estimate of drug-likeness (QED) is 0.167. The lowest BCUT2D eigenvalue weighted by Gasteiger charge is -2.17. The van der Waals surface area contributed by atoms with Crippen molar-refractivity contribution < 1.29 is 0 Å². The molecule has 3 nitrogen and oxygen atoms in total. The van der Waals surface area contributed by atoms with Crippen LogP contribution in [0.15, 0.2) is 188 Å². The smallest absolute Gasteiger partial charge is 0.0553 e. The second-order valence-electron chi connectivity index (χ2n) is 15.2. The monoisotopic (exact) mass is 709 g/mol. The van der Waals surface area contributed by atoms with E-state index in [1.165, 1.54) is 109 Å². The zero-order valence-electron chi connectivity index (χ0n) is 30.2. The van der Waals surface area contributed by atoms with E-state index in [0.717, 1.165) is 11.1 Å². The van der Waals surface area contributed by atoms with E-state index < -0.39 is 0 Å². The molecule has 258 valence electrons. The highest BCUT2D eigenvalue weighted by molar-refractivity contribution is 6.27. The number of rotatable bonds is 4. The van der Waals surface area contributed by atoms with Gasteiger partial charge < -0.3 is 9.13 Å². The first kappa shape index (κ1) is 29.9. The van der Waals surface area contributed by atoms with E-state index >= 15 is 0 Å². The van der Waals surface area contributed by atoms with E-state index in [1.54, 1.807) is 0 Å². The summed E-state index contributed by atoms with van der Waals surface area (Å²) in [5.41, 5.74) is 12.0. The van der Waals surface area contributed by atoms with Crippen LogP contribution in [-0.4, -0.2) is 14.1 Å². The van der Waals surface area contributed by atoms with Crippen molar-refractivity contribution in [3.8, 4) is 33.6 Å². The zero-order valence-corrected chi connectivity index (χ0v) is 30.2. The van der Waals surface area contributed by atoms with E-state index in [-0.39, 0.29) is 0 Å². The Morgan fingerprint density at radius 1 is 0.321 bits per heavy atom. The fourth-order valence-electron chi connectivity index (χ4n) is 9.90. The van der Waals surface area contributed by atoms with Gasteiger partial charge in [-0.1, -0.05) is 121 Å². The molecule has 13 rings (SSSR count). The molecular formula is C53H31N3. The summed E-state index contributed by atoms with van der Waals surface area (Å²) in [6.45, 7) is 0. The van der Waals surface area contributed by atoms with Gasteiger partial charge in [-0.2, -0.15) is 0 Å². The first-order chi connectivity index (χ1) is 27.8. The Kier molecular flexibility index (Phi) is 5.89. The topological polar surface area (TPSA) is 22.8 Å². The van der Waals surface area contributed by atoms with Gasteiger partial charge in [0.05, 0.1) is 33.4 Å². The van der Waals surface area contributed by atoms with Crippen molar-refractivity contribution in [3.05, 3.63) is 188 Å². The molecule has 0 saturated carbocycles. The highest BCUT2D eigenvalue weighted by Gasteiger charge is 2.23. The van der Waals surface area contributed by atoms with Gasteiger partial charge in [-0.15, -0.1) is 0 Å². The molecule has 0 saturated heterocycles. The number of nitrogens with zero attached hydrogens (tertiary/aromatic N) is 3. The molecule has 3 heteroatoms. The molecule has 3 heterocycles. The van der Waals surface area contributed by atoms with Crippen molar-refractivity contribution in [1.29, 1.82) is 0 Å². The largest absolute Gasteiger partial charge is 0.309 e. The molecule has 0 aliphatic carbocycles. The maximum atomic E-state index is 4.47. The highest BCUT2D eigenvalue weighted by atomic mass is 15.0. The van der Waals surface area contributed by atoms with Crippen molar-refractivity contribution in [3.63, 3.8) is 0 Å². The number of hydrogen-bond donors (Lipinski definition) is 0. The lowest BCUT2D eigenvalue weighted by atomic mass is 9.94. The SMILES string of the molecule is c1cncc(-c2cc3ccc4cccc5c4c3c(c2)n5-c2ccc(-n3c4cccc5ccc6cc(-c7cccc8ccccc78)cc3c6c54)c3ccccc23)c1. The number of benzene rings is 10. The fraction of sp³-hybridized carbons (Fsp3) is 0. The van der Waals surface area contributed by atoms with Crippen LogP contribution in [0, 0.1) is 0 Å². The molecule has 0 aliphatic rings. The Morgan fingerprint density at radius 3 is 1.48 bits per heavy atom. The standard InChI is InChI=1S/C53H31N3/c1-2-14-40-32(9-1)10-5-17-41(40)39-28-36-23-21-34-12-7-19-47-51(34)53(36)49(30-39)56(47)45-25-24-44(42-15-3-4-16-43(42)45)55-46-18-6-11-33-20-22-35-27-38(37-13-8-26-54-31-37)29-48(55)52(35)50(33)46/h1-31H. The Bertz CT molecular complexity index is 3690. The fourth-order valence-corrected chi connectivity index (χ4v) is 9.90. The van der Waals surface area contributed by atoms with Gasteiger partial charge in [0, 0.05) is 50.3 Å². The van der Waals surface area contributed by atoms with E-state index in [2.05, 4.69) is 184 Å². The minimum absolute atomic E-state index is 1.11. The maximum absolute atomic E-state index is 4.47. The van der Waals surface area contributed by atoms with Gasteiger partial charge in [-0.25, -0.2) is 0 Å². The lowest BCUT2D eigenvalue weighted by Crippen LogP contribution is -2.00. The molecule has 0 radical (unpaired) electrons. The third-order valence-electron chi connectivity index (χ3n) is 12.2. The number of fused-ring (bicyclic) bond motifs is 2. The van der Waals surface area contributed by atoms with Gasteiger partial charge in [0.1, 0.15) is 0 Å². The molecule has 56 heavy (non-hydrogen) atoms. The zero-order chi connectivity index (χ0) is 36.5. The van der Waals surface area contributed by atoms with E-state index in [0.29, 0.717) is 0 Å². The molecule has 0 N–H and O–H groups in total. The van der Waals surface area contributed by atoms with Crippen LogP contribution in [0.5, 0.6) is 0 Å². The Labute approximate surface area is 321 Å². The molecule has 0 fully saturated rings. The molecule has 0 amide bonds. The van der Waals surface area contributed by atoms with Gasteiger partial charge in [-0.05, 0) is 104 Å². The van der Waals surface area contributed by atoms with Gasteiger partial charge in [0.2, 0.25) is 0 Å². The summed E-state index contributed by atoms with van der Waals surface area (Å²) < 4.78 is 5.02. The molecule has 0 bridgehead atoms. The third-order valence-corrected chi connectivity index (χ3v) is 12.2. The molecular weight excluding hydrogens is 679 g/mol. The summed E-state index contributed by atoms with van der Waals surface area (Å²) in [6, 6.07) is 65.2. The van der Waals surface area contributed by atoms with Crippen LogP contribution in [0.1, 0.15) is 0 Å². The second kappa shape index (κ2) is 11.0. The Morgan fingerprint density at radius 2 is 0.839 bits per heavy atom. The van der Waals surface area contributed by atoms with Crippen LogP contribution in [-0.2, 0) is 0 Å². The van der Waals surface area contributed by atoms with E-state index in [4.69, 9.17) is 0 Å². The summed E-state index contributed by atoms with van der Waals surface area (Å²) in [7, 11) is 0. The van der Waals surface area contributed by atoms with E-state index in [9.17, 15) is 0 Å². The number of hydrogen-bond acceptors (Lipinski definition) is 1. The number of pyridine rings is 1. The summed E-state index contributed by atoms with van der Waals surface area (Å²) in [5.74, 6) is 0. The Balaban J connectivity index is 1.12. The molecule has 13 aromatic rings. The lowest BCUT2D eigenvalue weighted by molar-refractivity contribution is 1.17. The molecule has 0 unspecified atom stereocenters. The van der Waals surface area contributed by atoms with Crippen molar-refractivity contribution in [1.82, 2.24) is 14.1 Å². The van der Waals surface area contributed by atoms with E-state index in [1.807, 2.05) is 18.5 Å². The maximum Gasteiger partial charge on any atom is 0.0553 e. The van der Waals surface area contributed by atoms with Gasteiger partial charge in [0.25, 0.3) is 0 Å². The van der Waals surface area contributed by atoms with Crippen LogP contribution >= 0.6 is 0 Å². The van der Waals surface area contributed by atoms with Crippen molar-refractivity contribution in [2.45, 2.75) is 0 Å². The summed E-state index contributed by atoms with van der Waals surface area (Å²) in [4.78, 5) is 4.47. The summed E-state index contributed by atoms with van der Waals surface area (Å²) >= 11 is 0. The minimum atomic E-state index is 1.11.